The number of hydrogen-bond acceptors (Lipinski definition) is 2. The van der Waals surface area contributed by atoms with E-state index in [1.807, 2.05) is 0 Å². The molecule has 0 amide bonds. The van der Waals surface area contributed by atoms with Crippen LogP contribution in [0.4, 0.5) is 4.39 Å². The van der Waals surface area contributed by atoms with E-state index in [2.05, 4.69) is 15.9 Å². The van der Waals surface area contributed by atoms with Crippen molar-refractivity contribution in [2.75, 3.05) is 0 Å². The average molecular weight is 346 g/mol. The molecule has 0 aliphatic heterocycles. The number of para-hydroxylation sites is 1. The van der Waals surface area contributed by atoms with E-state index in [9.17, 15) is 9.50 Å². The minimum atomic E-state index is -0.373. The summed E-state index contributed by atoms with van der Waals surface area (Å²) in [7, 11) is 0. The van der Waals surface area contributed by atoms with Gasteiger partial charge < -0.3 is 9.84 Å². The first-order valence-corrected chi connectivity index (χ1v) is 6.74. The number of ether oxygens (including phenoxy) is 1. The molecule has 2 aromatic carbocycles. The Balaban J connectivity index is 2.21. The molecule has 0 saturated carbocycles. The van der Waals surface area contributed by atoms with Gasteiger partial charge in [0.2, 0.25) is 0 Å². The van der Waals surface area contributed by atoms with E-state index in [0.29, 0.717) is 26.4 Å². The third kappa shape index (κ3) is 3.47. The second-order valence-electron chi connectivity index (χ2n) is 3.91. The van der Waals surface area contributed by atoms with Crippen molar-refractivity contribution in [1.29, 1.82) is 0 Å². The summed E-state index contributed by atoms with van der Waals surface area (Å²) in [5.41, 5.74) is 1.00. The Bertz CT molecular complexity index is 590. The first kappa shape index (κ1) is 14.3. The Hall–Kier alpha value is -1.10. The fraction of sp³-hybridized carbons (Fsp3) is 0.143. The number of halogens is 3. The Morgan fingerprint density at radius 2 is 2.00 bits per heavy atom. The lowest BCUT2D eigenvalue weighted by atomic mass is 10.2. The van der Waals surface area contributed by atoms with Crippen LogP contribution in [0.25, 0.3) is 0 Å². The lowest BCUT2D eigenvalue weighted by Crippen LogP contribution is -2.01. The maximum atomic E-state index is 13.6. The monoisotopic (exact) mass is 344 g/mol. The van der Waals surface area contributed by atoms with Gasteiger partial charge in [-0.15, -0.1) is 0 Å². The normalized spacial score (nSPS) is 10.5. The summed E-state index contributed by atoms with van der Waals surface area (Å²) in [5, 5.41) is 9.70. The summed E-state index contributed by atoms with van der Waals surface area (Å²) in [6, 6.07) is 9.64. The molecule has 1 N–H and O–H groups in total. The number of benzene rings is 2. The highest BCUT2D eigenvalue weighted by molar-refractivity contribution is 9.10. The second-order valence-corrected chi connectivity index (χ2v) is 5.20. The molecule has 0 fully saturated rings. The highest BCUT2D eigenvalue weighted by Gasteiger charge is 2.09. The minimum absolute atomic E-state index is 0.0437. The van der Waals surface area contributed by atoms with Crippen molar-refractivity contribution >= 4 is 27.5 Å². The quantitative estimate of drug-likeness (QED) is 0.894. The van der Waals surface area contributed by atoms with Crippen LogP contribution in [0.1, 0.15) is 11.1 Å². The predicted octanol–water partition coefficient (Wildman–Crippen LogP) is 4.31. The van der Waals surface area contributed by atoms with Gasteiger partial charge >= 0.3 is 0 Å². The van der Waals surface area contributed by atoms with Crippen LogP contribution in [-0.4, -0.2) is 5.11 Å². The van der Waals surface area contributed by atoms with Gasteiger partial charge in [-0.05, 0) is 40.2 Å². The van der Waals surface area contributed by atoms with Crippen molar-refractivity contribution in [1.82, 2.24) is 0 Å². The first-order chi connectivity index (χ1) is 9.11. The molecule has 0 bridgehead atoms. The highest BCUT2D eigenvalue weighted by Crippen LogP contribution is 2.30. The summed E-state index contributed by atoms with van der Waals surface area (Å²) in [4.78, 5) is 0. The predicted molar refractivity (Wildman–Crippen MR) is 75.8 cm³/mol. The largest absolute Gasteiger partial charge is 0.487 e. The molecule has 2 aromatic rings. The molecule has 0 heterocycles. The van der Waals surface area contributed by atoms with Gasteiger partial charge in [0.15, 0.2) is 0 Å². The molecule has 5 heteroatoms. The zero-order valence-electron chi connectivity index (χ0n) is 9.87. The van der Waals surface area contributed by atoms with E-state index in [1.165, 1.54) is 18.2 Å². The smallest absolute Gasteiger partial charge is 0.139 e. The number of rotatable bonds is 4. The summed E-state index contributed by atoms with van der Waals surface area (Å²) in [5.74, 6) is 0.131. The molecule has 19 heavy (non-hydrogen) atoms. The molecular formula is C14H11BrClFO2. The second kappa shape index (κ2) is 6.37. The molecule has 100 valence electrons. The van der Waals surface area contributed by atoms with Crippen LogP contribution in [0.5, 0.6) is 5.75 Å². The van der Waals surface area contributed by atoms with Crippen molar-refractivity contribution in [3.63, 3.8) is 0 Å². The Kier molecular flexibility index (Phi) is 4.80. The Morgan fingerprint density at radius 1 is 1.21 bits per heavy atom. The molecule has 0 aliphatic carbocycles. The molecule has 0 atom stereocenters. The molecular weight excluding hydrogens is 335 g/mol. The molecule has 2 nitrogen and oxygen atoms in total. The van der Waals surface area contributed by atoms with Gasteiger partial charge in [-0.2, -0.15) is 0 Å². The van der Waals surface area contributed by atoms with Crippen LogP contribution >= 0.6 is 27.5 Å². The van der Waals surface area contributed by atoms with Gasteiger partial charge in [0, 0.05) is 16.1 Å². The topological polar surface area (TPSA) is 29.5 Å². The van der Waals surface area contributed by atoms with Crippen molar-refractivity contribution in [3.05, 3.63) is 62.8 Å². The van der Waals surface area contributed by atoms with E-state index in [-0.39, 0.29) is 19.0 Å². The van der Waals surface area contributed by atoms with Crippen molar-refractivity contribution in [2.45, 2.75) is 13.2 Å². The fourth-order valence-electron chi connectivity index (χ4n) is 1.64. The molecule has 0 aliphatic rings. The number of hydrogen-bond donors (Lipinski definition) is 1. The molecule has 0 saturated heterocycles. The average Bonchev–Trinajstić information content (AvgIpc) is 2.40. The van der Waals surface area contributed by atoms with E-state index < -0.39 is 0 Å². The van der Waals surface area contributed by atoms with Gasteiger partial charge in [-0.25, -0.2) is 4.39 Å². The van der Waals surface area contributed by atoms with Crippen molar-refractivity contribution < 1.29 is 14.2 Å². The first-order valence-electron chi connectivity index (χ1n) is 5.57. The van der Waals surface area contributed by atoms with Crippen molar-refractivity contribution in [2.24, 2.45) is 0 Å². The van der Waals surface area contributed by atoms with Crippen LogP contribution in [-0.2, 0) is 13.2 Å². The van der Waals surface area contributed by atoms with Gasteiger partial charge in [0.1, 0.15) is 18.2 Å². The minimum Gasteiger partial charge on any atom is -0.487 e. The van der Waals surface area contributed by atoms with Gasteiger partial charge in [0.05, 0.1) is 11.1 Å². The maximum absolute atomic E-state index is 13.6. The molecule has 0 aromatic heterocycles. The lowest BCUT2D eigenvalue weighted by molar-refractivity contribution is 0.256. The third-order valence-electron chi connectivity index (χ3n) is 2.60. The third-order valence-corrected chi connectivity index (χ3v) is 3.46. The molecule has 0 radical (unpaired) electrons. The molecule has 2 rings (SSSR count). The lowest BCUT2D eigenvalue weighted by Gasteiger charge is -2.12. The number of aliphatic hydroxyl groups excluding tert-OH is 1. The maximum Gasteiger partial charge on any atom is 0.139 e. The van der Waals surface area contributed by atoms with Crippen molar-refractivity contribution in [3.8, 4) is 5.75 Å². The summed E-state index contributed by atoms with van der Waals surface area (Å²) >= 11 is 9.16. The van der Waals surface area contributed by atoms with E-state index >= 15 is 0 Å². The number of aliphatic hydroxyl groups is 1. The van der Waals surface area contributed by atoms with E-state index in [0.717, 1.165) is 0 Å². The Morgan fingerprint density at radius 3 is 2.74 bits per heavy atom. The molecule has 0 unspecified atom stereocenters. The summed E-state index contributed by atoms with van der Waals surface area (Å²) in [6.07, 6.45) is 0. The SMILES string of the molecule is OCc1cccc(Br)c1OCc1cc(Cl)ccc1F. The van der Waals surface area contributed by atoms with Gasteiger partial charge in [0.25, 0.3) is 0 Å². The Labute approximate surface area is 123 Å². The van der Waals surface area contributed by atoms with E-state index in [1.54, 1.807) is 18.2 Å². The van der Waals surface area contributed by atoms with Crippen LogP contribution in [0.15, 0.2) is 40.9 Å². The fourth-order valence-corrected chi connectivity index (χ4v) is 2.36. The van der Waals surface area contributed by atoms with Gasteiger partial charge in [-0.1, -0.05) is 23.7 Å². The van der Waals surface area contributed by atoms with Crippen LogP contribution in [0, 0.1) is 5.82 Å². The van der Waals surface area contributed by atoms with Crippen LogP contribution in [0.2, 0.25) is 5.02 Å². The highest BCUT2D eigenvalue weighted by atomic mass is 79.9. The summed E-state index contributed by atoms with van der Waals surface area (Å²) < 4.78 is 19.8. The molecule has 0 spiro atoms. The van der Waals surface area contributed by atoms with Gasteiger partial charge in [-0.3, -0.25) is 0 Å². The standard InChI is InChI=1S/C14H11BrClFO2/c15-12-3-1-2-9(7-18)14(12)19-8-10-6-11(16)4-5-13(10)17/h1-6,18H,7-8H2. The van der Waals surface area contributed by atoms with Crippen LogP contribution < -0.4 is 4.74 Å². The summed E-state index contributed by atoms with van der Waals surface area (Å²) in [6.45, 7) is -0.102. The van der Waals surface area contributed by atoms with E-state index in [4.69, 9.17) is 16.3 Å². The van der Waals surface area contributed by atoms with Crippen LogP contribution in [0.3, 0.4) is 0 Å². The zero-order chi connectivity index (χ0) is 13.8. The zero-order valence-corrected chi connectivity index (χ0v) is 12.2.